The summed E-state index contributed by atoms with van der Waals surface area (Å²) in [5.74, 6) is -0.258. The molecule has 0 spiro atoms. The van der Waals surface area contributed by atoms with Gasteiger partial charge in [-0.05, 0) is 25.5 Å². The molecule has 0 aliphatic heterocycles. The van der Waals surface area contributed by atoms with E-state index < -0.39 is 5.97 Å². The van der Waals surface area contributed by atoms with E-state index in [4.69, 9.17) is 4.74 Å². The van der Waals surface area contributed by atoms with Crippen molar-refractivity contribution in [2.24, 2.45) is 0 Å². The number of aromatic nitrogens is 2. The molecule has 0 radical (unpaired) electrons. The largest absolute Gasteiger partial charge is 0.462 e. The highest BCUT2D eigenvalue weighted by molar-refractivity contribution is 6.00. The number of esters is 1. The Balaban J connectivity index is 2.14. The van der Waals surface area contributed by atoms with Crippen molar-refractivity contribution < 1.29 is 14.3 Å². The molecular formula is C20H27N3O3. The van der Waals surface area contributed by atoms with Gasteiger partial charge < -0.3 is 10.1 Å². The molecule has 0 saturated heterocycles. The number of nitrogens with one attached hydrogen (secondary N) is 1. The maximum Gasteiger partial charge on any atom is 0.343 e. The van der Waals surface area contributed by atoms with Crippen molar-refractivity contribution in [1.82, 2.24) is 9.78 Å². The van der Waals surface area contributed by atoms with Crippen molar-refractivity contribution in [2.75, 3.05) is 11.9 Å². The molecule has 0 bridgehead atoms. The molecule has 0 fully saturated rings. The van der Waals surface area contributed by atoms with Gasteiger partial charge in [0.05, 0.1) is 18.5 Å². The highest BCUT2D eigenvalue weighted by Gasteiger charge is 2.21. The van der Waals surface area contributed by atoms with E-state index in [1.54, 1.807) is 11.6 Å². The minimum Gasteiger partial charge on any atom is -0.462 e. The van der Waals surface area contributed by atoms with Crippen molar-refractivity contribution in [1.29, 1.82) is 0 Å². The third kappa shape index (κ3) is 5.44. The molecule has 0 saturated carbocycles. The zero-order valence-corrected chi connectivity index (χ0v) is 15.5. The molecule has 1 aromatic carbocycles. The standard InChI is InChI=1S/C20H27N3O3/c1-3-5-6-7-11-14-18(24)22-19-17(20(25)26-4-2)15-21-23(19)16-12-9-8-10-13-16/h8-10,12-13,15H,3-7,11,14H2,1-2H3,(H,22,24). The van der Waals surface area contributed by atoms with Crippen LogP contribution in [0.1, 0.15) is 62.7 Å². The Morgan fingerprint density at radius 1 is 1.08 bits per heavy atom. The molecule has 0 unspecified atom stereocenters. The van der Waals surface area contributed by atoms with Gasteiger partial charge in [-0.1, -0.05) is 50.8 Å². The smallest absolute Gasteiger partial charge is 0.343 e. The molecule has 1 aromatic heterocycles. The van der Waals surface area contributed by atoms with E-state index in [-0.39, 0.29) is 18.1 Å². The predicted octanol–water partition coefficient (Wildman–Crippen LogP) is 4.35. The van der Waals surface area contributed by atoms with Crippen molar-refractivity contribution in [3.8, 4) is 5.69 Å². The maximum atomic E-state index is 12.4. The maximum absolute atomic E-state index is 12.4. The monoisotopic (exact) mass is 357 g/mol. The fraction of sp³-hybridized carbons (Fsp3) is 0.450. The minimum atomic E-state index is -0.493. The third-order valence-corrected chi connectivity index (χ3v) is 4.03. The molecule has 26 heavy (non-hydrogen) atoms. The lowest BCUT2D eigenvalue weighted by Crippen LogP contribution is -2.17. The Hall–Kier alpha value is -2.63. The summed E-state index contributed by atoms with van der Waals surface area (Å²) in [7, 11) is 0. The second kappa shape index (κ2) is 10.4. The summed E-state index contributed by atoms with van der Waals surface area (Å²) in [6, 6.07) is 9.37. The number of benzene rings is 1. The van der Waals surface area contributed by atoms with Crippen LogP contribution in [0.25, 0.3) is 5.69 Å². The number of amides is 1. The molecule has 140 valence electrons. The molecular weight excluding hydrogens is 330 g/mol. The van der Waals surface area contributed by atoms with Crippen molar-refractivity contribution in [3.05, 3.63) is 42.1 Å². The van der Waals surface area contributed by atoms with Gasteiger partial charge in [0.15, 0.2) is 5.82 Å². The number of ether oxygens (including phenoxy) is 1. The summed E-state index contributed by atoms with van der Waals surface area (Å²) in [6.45, 7) is 4.17. The molecule has 1 heterocycles. The van der Waals surface area contributed by atoms with Gasteiger partial charge in [0.1, 0.15) is 5.56 Å². The Bertz CT molecular complexity index is 710. The number of carbonyl (C=O) groups is 2. The van der Waals surface area contributed by atoms with Crippen LogP contribution in [-0.2, 0) is 9.53 Å². The van der Waals surface area contributed by atoms with Gasteiger partial charge >= 0.3 is 5.97 Å². The Kier molecular flexibility index (Phi) is 7.86. The van der Waals surface area contributed by atoms with Gasteiger partial charge in [0, 0.05) is 6.42 Å². The number of rotatable bonds is 10. The van der Waals surface area contributed by atoms with Gasteiger partial charge in [0.25, 0.3) is 0 Å². The predicted molar refractivity (Wildman–Crippen MR) is 102 cm³/mol. The SMILES string of the molecule is CCCCCCCC(=O)Nc1c(C(=O)OCC)cnn1-c1ccccc1. The van der Waals surface area contributed by atoms with Crippen LogP contribution in [0, 0.1) is 0 Å². The Morgan fingerprint density at radius 2 is 1.81 bits per heavy atom. The molecule has 1 N–H and O–H groups in total. The lowest BCUT2D eigenvalue weighted by atomic mass is 10.1. The van der Waals surface area contributed by atoms with Crippen LogP contribution in [0.3, 0.4) is 0 Å². The zero-order valence-electron chi connectivity index (χ0n) is 15.5. The number of nitrogens with zero attached hydrogens (tertiary/aromatic N) is 2. The van der Waals surface area contributed by atoms with Gasteiger partial charge in [-0.15, -0.1) is 0 Å². The van der Waals surface area contributed by atoms with Gasteiger partial charge in [-0.3, -0.25) is 4.79 Å². The first-order valence-electron chi connectivity index (χ1n) is 9.27. The first kappa shape index (κ1) is 19.7. The molecule has 2 aromatic rings. The van der Waals surface area contributed by atoms with Crippen LogP contribution in [0.4, 0.5) is 5.82 Å². The molecule has 1 amide bonds. The van der Waals surface area contributed by atoms with Crippen LogP contribution in [-0.4, -0.2) is 28.3 Å². The molecule has 6 nitrogen and oxygen atoms in total. The molecule has 0 atom stereocenters. The fourth-order valence-electron chi connectivity index (χ4n) is 2.68. The molecule has 6 heteroatoms. The quantitative estimate of drug-likeness (QED) is 0.507. The zero-order chi connectivity index (χ0) is 18.8. The number of para-hydroxylation sites is 1. The second-order valence-electron chi connectivity index (χ2n) is 6.09. The van der Waals surface area contributed by atoms with E-state index >= 15 is 0 Å². The summed E-state index contributed by atoms with van der Waals surface area (Å²) in [6.07, 6.45) is 7.22. The second-order valence-corrected chi connectivity index (χ2v) is 6.09. The van der Waals surface area contributed by atoms with E-state index in [9.17, 15) is 9.59 Å². The number of unbranched alkanes of at least 4 members (excludes halogenated alkanes) is 4. The Morgan fingerprint density at radius 3 is 2.50 bits per heavy atom. The van der Waals surface area contributed by atoms with Crippen LogP contribution < -0.4 is 5.32 Å². The molecule has 0 aliphatic carbocycles. The fourth-order valence-corrected chi connectivity index (χ4v) is 2.68. The van der Waals surface area contributed by atoms with Crippen molar-refractivity contribution >= 4 is 17.7 Å². The summed E-state index contributed by atoms with van der Waals surface area (Å²) < 4.78 is 6.64. The summed E-state index contributed by atoms with van der Waals surface area (Å²) >= 11 is 0. The highest BCUT2D eigenvalue weighted by atomic mass is 16.5. The van der Waals surface area contributed by atoms with Crippen LogP contribution >= 0.6 is 0 Å². The van der Waals surface area contributed by atoms with E-state index in [0.29, 0.717) is 12.2 Å². The van der Waals surface area contributed by atoms with E-state index in [1.165, 1.54) is 19.0 Å². The minimum absolute atomic E-state index is 0.121. The average Bonchev–Trinajstić information content (AvgIpc) is 3.06. The number of hydrogen-bond donors (Lipinski definition) is 1. The summed E-state index contributed by atoms with van der Waals surface area (Å²) in [4.78, 5) is 24.6. The lowest BCUT2D eigenvalue weighted by molar-refractivity contribution is -0.116. The van der Waals surface area contributed by atoms with E-state index in [0.717, 1.165) is 24.9 Å². The number of hydrogen-bond acceptors (Lipinski definition) is 4. The summed E-state index contributed by atoms with van der Waals surface area (Å²) in [5, 5.41) is 7.11. The number of anilines is 1. The Labute approximate surface area is 154 Å². The number of carbonyl (C=O) groups excluding carboxylic acids is 2. The van der Waals surface area contributed by atoms with E-state index in [1.807, 2.05) is 30.3 Å². The topological polar surface area (TPSA) is 73.2 Å². The van der Waals surface area contributed by atoms with Crippen LogP contribution in [0.5, 0.6) is 0 Å². The van der Waals surface area contributed by atoms with Crippen LogP contribution in [0.15, 0.2) is 36.5 Å². The van der Waals surface area contributed by atoms with Crippen molar-refractivity contribution in [3.63, 3.8) is 0 Å². The molecule has 2 rings (SSSR count). The van der Waals surface area contributed by atoms with Gasteiger partial charge in [0.2, 0.25) is 5.91 Å². The summed E-state index contributed by atoms with van der Waals surface area (Å²) in [5.41, 5.74) is 1.02. The first-order chi connectivity index (χ1) is 12.7. The molecule has 0 aliphatic rings. The van der Waals surface area contributed by atoms with Gasteiger partial charge in [-0.2, -0.15) is 5.10 Å². The van der Waals surface area contributed by atoms with E-state index in [2.05, 4.69) is 17.3 Å². The van der Waals surface area contributed by atoms with Crippen molar-refractivity contribution in [2.45, 2.75) is 52.4 Å². The third-order valence-electron chi connectivity index (χ3n) is 4.03. The lowest BCUT2D eigenvalue weighted by Gasteiger charge is -2.11. The normalized spacial score (nSPS) is 10.5. The first-order valence-corrected chi connectivity index (χ1v) is 9.27. The average molecular weight is 357 g/mol. The van der Waals surface area contributed by atoms with Crippen LogP contribution in [0.2, 0.25) is 0 Å². The van der Waals surface area contributed by atoms with Gasteiger partial charge in [-0.25, -0.2) is 9.48 Å². The highest BCUT2D eigenvalue weighted by Crippen LogP contribution is 2.21.